The molecular weight excluding hydrogens is 228 g/mol. The second kappa shape index (κ2) is 5.28. The maximum Gasteiger partial charge on any atom is 0.122 e. The van der Waals surface area contributed by atoms with Gasteiger partial charge in [0.2, 0.25) is 0 Å². The zero-order chi connectivity index (χ0) is 12.3. The third kappa shape index (κ3) is 2.47. The second-order valence-electron chi connectivity index (χ2n) is 3.99. The molecule has 1 nitrogen and oxygen atoms in total. The molecule has 1 aliphatic carbocycles. The smallest absolute Gasteiger partial charge is 0.122 e. The lowest BCUT2D eigenvalue weighted by Crippen LogP contribution is -1.90. The van der Waals surface area contributed by atoms with E-state index in [0.29, 0.717) is 0 Å². The number of methoxy groups -OCH3 is 1. The zero-order valence-electron chi connectivity index (χ0n) is 10.1. The number of allylic oxidation sites excluding steroid dienone is 4. The van der Waals surface area contributed by atoms with Crippen LogP contribution in [0, 0.1) is 0 Å². The molecule has 0 saturated carbocycles. The van der Waals surface area contributed by atoms with Crippen LogP contribution in [-0.2, 0) is 4.74 Å². The lowest BCUT2D eigenvalue weighted by molar-refractivity contribution is 0.303. The molecule has 0 radical (unpaired) electrons. The van der Waals surface area contributed by atoms with Crippen LogP contribution in [0.5, 0.6) is 0 Å². The van der Waals surface area contributed by atoms with Crippen molar-refractivity contribution >= 4 is 18.2 Å². The van der Waals surface area contributed by atoms with E-state index in [4.69, 9.17) is 4.74 Å². The minimum absolute atomic E-state index is 0.882. The van der Waals surface area contributed by atoms with E-state index in [1.54, 1.807) is 7.11 Å². The van der Waals surface area contributed by atoms with E-state index in [1.807, 2.05) is 31.2 Å². The molecule has 2 heteroatoms. The maximum absolute atomic E-state index is 5.35. The molecule has 0 amide bonds. The third-order valence-electron chi connectivity index (χ3n) is 2.94. The predicted octanol–water partition coefficient (Wildman–Crippen LogP) is 4.21. The molecule has 0 saturated heterocycles. The van der Waals surface area contributed by atoms with Gasteiger partial charge in [0.1, 0.15) is 5.76 Å². The first-order valence-corrected chi connectivity index (χ1v) is 6.08. The fraction of sp³-hybridized carbons (Fsp3) is 0.200. The van der Waals surface area contributed by atoms with E-state index in [1.165, 1.54) is 11.1 Å². The Balaban J connectivity index is 2.52. The quantitative estimate of drug-likeness (QED) is 0.767. The monoisotopic (exact) mass is 244 g/mol. The molecule has 0 fully saturated rings. The van der Waals surface area contributed by atoms with Crippen molar-refractivity contribution in [3.8, 4) is 0 Å². The molecule has 0 spiro atoms. The highest BCUT2D eigenvalue weighted by atomic mass is 32.1. The van der Waals surface area contributed by atoms with Gasteiger partial charge in [0.05, 0.1) is 7.11 Å². The average Bonchev–Trinajstić information content (AvgIpc) is 2.51. The summed E-state index contributed by atoms with van der Waals surface area (Å²) in [5, 5.41) is 0. The molecule has 88 valence electrons. The van der Waals surface area contributed by atoms with Crippen molar-refractivity contribution in [1.82, 2.24) is 0 Å². The molecule has 0 N–H and O–H groups in total. The fourth-order valence-electron chi connectivity index (χ4n) is 1.96. The summed E-state index contributed by atoms with van der Waals surface area (Å²) >= 11 is 4.65. The Hall–Kier alpha value is -1.41. The first-order valence-electron chi connectivity index (χ1n) is 5.63. The van der Waals surface area contributed by atoms with Crippen molar-refractivity contribution < 1.29 is 4.74 Å². The van der Waals surface area contributed by atoms with E-state index in [2.05, 4.69) is 30.8 Å². The number of rotatable bonds is 2. The van der Waals surface area contributed by atoms with E-state index in [-0.39, 0.29) is 0 Å². The Morgan fingerprint density at radius 2 is 1.88 bits per heavy atom. The zero-order valence-corrected chi connectivity index (χ0v) is 11.0. The Labute approximate surface area is 108 Å². The van der Waals surface area contributed by atoms with Gasteiger partial charge in [-0.15, -0.1) is 12.6 Å². The maximum atomic E-state index is 5.35. The van der Waals surface area contributed by atoms with Crippen LogP contribution in [0.1, 0.15) is 18.9 Å². The SMILES string of the molecule is COC1=C(C)C(S)=C(c2ccccc2)CC=C1. The minimum Gasteiger partial charge on any atom is -0.496 e. The summed E-state index contributed by atoms with van der Waals surface area (Å²) in [5.74, 6) is 0.890. The highest BCUT2D eigenvalue weighted by Crippen LogP contribution is 2.33. The van der Waals surface area contributed by atoms with Crippen molar-refractivity contribution in [3.63, 3.8) is 0 Å². The molecule has 0 atom stereocenters. The number of hydrogen-bond acceptors (Lipinski definition) is 2. The van der Waals surface area contributed by atoms with E-state index >= 15 is 0 Å². The Morgan fingerprint density at radius 3 is 2.53 bits per heavy atom. The summed E-state index contributed by atoms with van der Waals surface area (Å²) in [6, 6.07) is 10.4. The molecule has 0 heterocycles. The molecule has 17 heavy (non-hydrogen) atoms. The Kier molecular flexibility index (Phi) is 3.75. The summed E-state index contributed by atoms with van der Waals surface area (Å²) in [7, 11) is 1.69. The van der Waals surface area contributed by atoms with Gasteiger partial charge in [0.25, 0.3) is 0 Å². The van der Waals surface area contributed by atoms with Crippen molar-refractivity contribution in [2.45, 2.75) is 13.3 Å². The lowest BCUT2D eigenvalue weighted by atomic mass is 10.0. The second-order valence-corrected chi connectivity index (χ2v) is 4.44. The Bertz CT molecular complexity index is 495. The first kappa shape index (κ1) is 12.1. The van der Waals surface area contributed by atoms with Crippen LogP contribution < -0.4 is 0 Å². The molecule has 0 aromatic heterocycles. The number of hydrogen-bond donors (Lipinski definition) is 1. The Morgan fingerprint density at radius 1 is 1.18 bits per heavy atom. The third-order valence-corrected chi connectivity index (χ3v) is 3.55. The molecule has 1 aromatic rings. The van der Waals surface area contributed by atoms with Crippen molar-refractivity contribution in [3.05, 3.63) is 64.3 Å². The van der Waals surface area contributed by atoms with Gasteiger partial charge in [0, 0.05) is 10.5 Å². The van der Waals surface area contributed by atoms with Gasteiger partial charge in [-0.25, -0.2) is 0 Å². The number of benzene rings is 1. The molecule has 2 rings (SSSR count). The van der Waals surface area contributed by atoms with Gasteiger partial charge >= 0.3 is 0 Å². The molecular formula is C15H16OS. The van der Waals surface area contributed by atoms with Gasteiger partial charge in [-0.3, -0.25) is 0 Å². The van der Waals surface area contributed by atoms with Crippen LogP contribution in [-0.4, -0.2) is 7.11 Å². The lowest BCUT2D eigenvalue weighted by Gasteiger charge is -2.10. The van der Waals surface area contributed by atoms with Crippen LogP contribution in [0.25, 0.3) is 5.57 Å². The summed E-state index contributed by atoms with van der Waals surface area (Å²) < 4.78 is 5.35. The van der Waals surface area contributed by atoms with Crippen molar-refractivity contribution in [1.29, 1.82) is 0 Å². The predicted molar refractivity (Wildman–Crippen MR) is 75.8 cm³/mol. The highest BCUT2D eigenvalue weighted by Gasteiger charge is 2.12. The molecule has 1 aromatic carbocycles. The fourth-order valence-corrected chi connectivity index (χ4v) is 2.29. The average molecular weight is 244 g/mol. The normalized spacial score (nSPS) is 16.2. The van der Waals surface area contributed by atoms with Crippen LogP contribution in [0.15, 0.2) is 58.7 Å². The van der Waals surface area contributed by atoms with Crippen LogP contribution in [0.2, 0.25) is 0 Å². The number of ether oxygens (including phenoxy) is 1. The van der Waals surface area contributed by atoms with Gasteiger partial charge in [-0.05, 0) is 30.6 Å². The highest BCUT2D eigenvalue weighted by molar-refractivity contribution is 7.85. The van der Waals surface area contributed by atoms with Gasteiger partial charge < -0.3 is 4.74 Å². The largest absolute Gasteiger partial charge is 0.496 e. The van der Waals surface area contributed by atoms with Crippen LogP contribution in [0.4, 0.5) is 0 Å². The van der Waals surface area contributed by atoms with E-state index < -0.39 is 0 Å². The summed E-state index contributed by atoms with van der Waals surface area (Å²) in [6.07, 6.45) is 5.02. The topological polar surface area (TPSA) is 9.23 Å². The molecule has 0 unspecified atom stereocenters. The van der Waals surface area contributed by atoms with Gasteiger partial charge in [0.15, 0.2) is 0 Å². The van der Waals surface area contributed by atoms with E-state index in [0.717, 1.165) is 22.7 Å². The summed E-state index contributed by atoms with van der Waals surface area (Å²) in [5.41, 5.74) is 3.55. The standard InChI is InChI=1S/C15H16OS/c1-11-14(16-2)10-6-9-13(15(11)17)12-7-4-3-5-8-12/h3-8,10,17H,9H2,1-2H3. The molecule has 1 aliphatic rings. The molecule has 0 bridgehead atoms. The first-order chi connectivity index (χ1) is 8.24. The van der Waals surface area contributed by atoms with Crippen molar-refractivity contribution in [2.75, 3.05) is 7.11 Å². The van der Waals surface area contributed by atoms with E-state index in [9.17, 15) is 0 Å². The minimum atomic E-state index is 0.882. The van der Waals surface area contributed by atoms with Gasteiger partial charge in [-0.2, -0.15) is 0 Å². The van der Waals surface area contributed by atoms with Crippen LogP contribution >= 0.6 is 12.6 Å². The summed E-state index contributed by atoms with van der Waals surface area (Å²) in [4.78, 5) is 1.01. The van der Waals surface area contributed by atoms with Gasteiger partial charge in [-0.1, -0.05) is 36.4 Å². The molecule has 0 aliphatic heterocycles. The summed E-state index contributed by atoms with van der Waals surface area (Å²) in [6.45, 7) is 2.04. The van der Waals surface area contributed by atoms with Crippen LogP contribution in [0.3, 0.4) is 0 Å². The van der Waals surface area contributed by atoms with Crippen molar-refractivity contribution in [2.24, 2.45) is 0 Å². The number of thiol groups is 1.